The van der Waals surface area contributed by atoms with E-state index in [1.165, 1.54) is 14.7 Å². The van der Waals surface area contributed by atoms with Crippen molar-refractivity contribution in [1.29, 1.82) is 0 Å². The number of sulfonamides is 2. The van der Waals surface area contributed by atoms with E-state index >= 15 is 0 Å². The van der Waals surface area contributed by atoms with Gasteiger partial charge in [0.05, 0.1) is 5.75 Å². The second-order valence-electron chi connectivity index (χ2n) is 7.09. The Balaban J connectivity index is 1.64. The summed E-state index contributed by atoms with van der Waals surface area (Å²) >= 11 is 2.84. The van der Waals surface area contributed by atoms with Crippen molar-refractivity contribution in [2.24, 2.45) is 0 Å². The molecule has 0 spiro atoms. The molecule has 0 aliphatic carbocycles. The molecule has 12 heteroatoms. The minimum absolute atomic E-state index is 0.0647. The Morgan fingerprint density at radius 3 is 2.38 bits per heavy atom. The SMILES string of the molecule is CCCS(=O)(=O)N1CCC(NC(=O)c2sccc2S(=O)(=O)N2CCSCC2)CC1. The number of carbonyl (C=O) groups is 1. The van der Waals surface area contributed by atoms with Gasteiger partial charge in [0.1, 0.15) is 9.77 Å². The molecule has 2 saturated heterocycles. The van der Waals surface area contributed by atoms with Crippen LogP contribution in [-0.4, -0.2) is 80.8 Å². The summed E-state index contributed by atoms with van der Waals surface area (Å²) in [5.41, 5.74) is 0. The number of nitrogens with zero attached hydrogens (tertiary/aromatic N) is 2. The van der Waals surface area contributed by atoms with E-state index in [0.717, 1.165) is 22.8 Å². The molecule has 0 unspecified atom stereocenters. The molecule has 3 heterocycles. The number of thioether (sulfide) groups is 1. The predicted molar refractivity (Wildman–Crippen MR) is 117 cm³/mol. The molecule has 2 fully saturated rings. The number of rotatable bonds is 7. The highest BCUT2D eigenvalue weighted by Gasteiger charge is 2.33. The van der Waals surface area contributed by atoms with Crippen molar-refractivity contribution in [2.75, 3.05) is 43.4 Å². The van der Waals surface area contributed by atoms with Crippen LogP contribution >= 0.6 is 23.1 Å². The normalized spacial score (nSPS) is 20.6. The van der Waals surface area contributed by atoms with Gasteiger partial charge in [-0.05, 0) is 30.7 Å². The molecule has 3 rings (SSSR count). The summed E-state index contributed by atoms with van der Waals surface area (Å²) in [7, 11) is -6.92. The van der Waals surface area contributed by atoms with Gasteiger partial charge in [0.2, 0.25) is 20.0 Å². The summed E-state index contributed by atoms with van der Waals surface area (Å²) in [5.74, 6) is 1.24. The van der Waals surface area contributed by atoms with Crippen LogP contribution in [0, 0.1) is 0 Å². The van der Waals surface area contributed by atoms with E-state index in [0.29, 0.717) is 45.4 Å². The number of amides is 1. The maximum absolute atomic E-state index is 13.0. The van der Waals surface area contributed by atoms with Gasteiger partial charge in [-0.15, -0.1) is 11.3 Å². The van der Waals surface area contributed by atoms with Crippen LogP contribution in [0.2, 0.25) is 0 Å². The first-order chi connectivity index (χ1) is 13.8. The van der Waals surface area contributed by atoms with E-state index in [1.807, 2.05) is 6.92 Å². The Bertz CT molecular complexity index is 915. The summed E-state index contributed by atoms with van der Waals surface area (Å²) in [6.07, 6.45) is 1.61. The lowest BCUT2D eigenvalue weighted by atomic mass is 10.1. The molecule has 1 amide bonds. The molecule has 8 nitrogen and oxygen atoms in total. The summed E-state index contributed by atoms with van der Waals surface area (Å²) in [6, 6.07) is 1.33. The van der Waals surface area contributed by atoms with Gasteiger partial charge in [-0.3, -0.25) is 4.79 Å². The molecule has 0 saturated carbocycles. The van der Waals surface area contributed by atoms with Crippen LogP contribution < -0.4 is 5.32 Å². The van der Waals surface area contributed by atoms with Crippen molar-refractivity contribution >= 4 is 49.1 Å². The Hall–Kier alpha value is -0.660. The fourth-order valence-electron chi connectivity index (χ4n) is 3.51. The third-order valence-electron chi connectivity index (χ3n) is 5.07. The van der Waals surface area contributed by atoms with Gasteiger partial charge in [0.25, 0.3) is 5.91 Å². The lowest BCUT2D eigenvalue weighted by Crippen LogP contribution is -2.47. The van der Waals surface area contributed by atoms with E-state index in [1.54, 1.807) is 17.1 Å². The van der Waals surface area contributed by atoms with Crippen LogP contribution in [-0.2, 0) is 20.0 Å². The zero-order valence-electron chi connectivity index (χ0n) is 16.4. The molecular formula is C17H27N3O5S4. The lowest BCUT2D eigenvalue weighted by Gasteiger charge is -2.31. The van der Waals surface area contributed by atoms with Crippen LogP contribution in [0.5, 0.6) is 0 Å². The fraction of sp³-hybridized carbons (Fsp3) is 0.706. The van der Waals surface area contributed by atoms with Crippen LogP contribution in [0.1, 0.15) is 35.9 Å². The minimum Gasteiger partial charge on any atom is -0.348 e. The van der Waals surface area contributed by atoms with Gasteiger partial charge in [0, 0.05) is 43.7 Å². The van der Waals surface area contributed by atoms with Gasteiger partial charge in [0.15, 0.2) is 0 Å². The maximum Gasteiger partial charge on any atom is 0.262 e. The largest absolute Gasteiger partial charge is 0.348 e. The molecular weight excluding hydrogens is 454 g/mol. The van der Waals surface area contributed by atoms with Gasteiger partial charge in [-0.25, -0.2) is 21.1 Å². The van der Waals surface area contributed by atoms with Crippen molar-refractivity contribution in [3.05, 3.63) is 16.3 Å². The van der Waals surface area contributed by atoms with E-state index in [9.17, 15) is 21.6 Å². The first kappa shape index (κ1) is 23.0. The molecule has 2 aliphatic rings. The molecule has 29 heavy (non-hydrogen) atoms. The third kappa shape index (κ3) is 5.34. The second kappa shape index (κ2) is 9.65. The lowest BCUT2D eigenvalue weighted by molar-refractivity contribution is 0.0925. The molecule has 164 valence electrons. The van der Waals surface area contributed by atoms with Gasteiger partial charge < -0.3 is 5.32 Å². The topological polar surface area (TPSA) is 104 Å². The summed E-state index contributed by atoms with van der Waals surface area (Å²) in [6.45, 7) is 3.48. The summed E-state index contributed by atoms with van der Waals surface area (Å²) < 4.78 is 53.2. The summed E-state index contributed by atoms with van der Waals surface area (Å²) in [5, 5.41) is 4.53. The van der Waals surface area contributed by atoms with Crippen LogP contribution in [0.25, 0.3) is 0 Å². The predicted octanol–water partition coefficient (Wildman–Crippen LogP) is 1.42. The Morgan fingerprint density at radius 2 is 1.76 bits per heavy atom. The number of nitrogens with one attached hydrogen (secondary N) is 1. The van der Waals surface area contributed by atoms with Crippen LogP contribution in [0.15, 0.2) is 16.3 Å². The molecule has 0 aromatic carbocycles. The molecule has 1 aromatic heterocycles. The van der Waals surface area contributed by atoms with E-state index in [2.05, 4.69) is 5.32 Å². The monoisotopic (exact) mass is 481 g/mol. The number of hydrogen-bond acceptors (Lipinski definition) is 7. The fourth-order valence-corrected chi connectivity index (χ4v) is 8.93. The first-order valence-corrected chi connectivity index (χ1v) is 14.8. The average molecular weight is 482 g/mol. The van der Waals surface area contributed by atoms with E-state index in [4.69, 9.17) is 0 Å². The van der Waals surface area contributed by atoms with Crippen molar-refractivity contribution < 1.29 is 21.6 Å². The molecule has 1 aromatic rings. The van der Waals surface area contributed by atoms with E-state index in [-0.39, 0.29) is 21.6 Å². The highest BCUT2D eigenvalue weighted by Crippen LogP contribution is 2.27. The Kier molecular flexibility index (Phi) is 7.66. The second-order valence-corrected chi connectivity index (χ2v) is 13.2. The Labute approximate surface area is 181 Å². The number of hydrogen-bond donors (Lipinski definition) is 1. The van der Waals surface area contributed by atoms with Crippen molar-refractivity contribution in [1.82, 2.24) is 13.9 Å². The van der Waals surface area contributed by atoms with Gasteiger partial charge in [-0.2, -0.15) is 16.1 Å². The minimum atomic E-state index is -3.69. The molecule has 0 radical (unpaired) electrons. The molecule has 0 bridgehead atoms. The highest BCUT2D eigenvalue weighted by atomic mass is 32.2. The van der Waals surface area contributed by atoms with Crippen LogP contribution in [0.3, 0.4) is 0 Å². The van der Waals surface area contributed by atoms with Crippen molar-refractivity contribution in [3.8, 4) is 0 Å². The maximum atomic E-state index is 13.0. The van der Waals surface area contributed by atoms with Crippen LogP contribution in [0.4, 0.5) is 0 Å². The first-order valence-electron chi connectivity index (χ1n) is 9.70. The number of piperidine rings is 1. The zero-order valence-corrected chi connectivity index (χ0v) is 19.6. The molecule has 2 aliphatic heterocycles. The number of thiophene rings is 1. The highest BCUT2D eigenvalue weighted by molar-refractivity contribution is 7.99. The molecule has 1 N–H and O–H groups in total. The Morgan fingerprint density at radius 1 is 1.10 bits per heavy atom. The van der Waals surface area contributed by atoms with Gasteiger partial charge >= 0.3 is 0 Å². The molecule has 0 atom stereocenters. The quantitative estimate of drug-likeness (QED) is 0.632. The number of carbonyl (C=O) groups excluding carboxylic acids is 1. The smallest absolute Gasteiger partial charge is 0.262 e. The average Bonchev–Trinajstić information content (AvgIpc) is 3.20. The van der Waals surface area contributed by atoms with E-state index < -0.39 is 26.0 Å². The third-order valence-corrected chi connectivity index (χ3v) is 11.1. The summed E-state index contributed by atoms with van der Waals surface area (Å²) in [4.78, 5) is 13.0. The van der Waals surface area contributed by atoms with Crippen molar-refractivity contribution in [3.63, 3.8) is 0 Å². The standard InChI is InChI=1S/C17H27N3O5S4/c1-2-13-28(22,23)19-6-3-14(4-7-19)18-17(21)16-15(5-10-27-16)29(24,25)20-8-11-26-12-9-20/h5,10,14H,2-4,6-9,11-13H2,1H3,(H,18,21). The zero-order chi connectivity index (χ0) is 21.1. The van der Waals surface area contributed by atoms with Crippen molar-refractivity contribution in [2.45, 2.75) is 37.1 Å². The van der Waals surface area contributed by atoms with Gasteiger partial charge in [-0.1, -0.05) is 6.92 Å².